The molecule has 0 unspecified atom stereocenters. The van der Waals surface area contributed by atoms with Gasteiger partial charge in [-0.25, -0.2) is 9.97 Å². The molecule has 1 fully saturated rings. The second-order valence-electron chi connectivity index (χ2n) is 8.93. The van der Waals surface area contributed by atoms with Crippen molar-refractivity contribution in [3.8, 4) is 23.0 Å². The average Bonchev–Trinajstić information content (AvgIpc) is 3.20. The molecule has 3 aromatic rings. The molecule has 13 heteroatoms. The Labute approximate surface area is 210 Å². The van der Waals surface area contributed by atoms with Crippen molar-refractivity contribution in [3.63, 3.8) is 0 Å². The van der Waals surface area contributed by atoms with Crippen molar-refractivity contribution in [2.45, 2.75) is 57.7 Å². The van der Waals surface area contributed by atoms with E-state index >= 15 is 0 Å². The predicted octanol–water partition coefficient (Wildman–Crippen LogP) is 3.92. The van der Waals surface area contributed by atoms with E-state index in [-0.39, 0.29) is 18.4 Å². The Balaban J connectivity index is 1.47. The highest BCUT2D eigenvalue weighted by atomic mass is 19.4. The molecule has 1 aliphatic rings. The molecule has 3 heterocycles. The first-order valence-corrected chi connectivity index (χ1v) is 11.9. The first-order valence-electron chi connectivity index (χ1n) is 11.9. The van der Waals surface area contributed by atoms with Crippen molar-refractivity contribution in [3.05, 3.63) is 41.6 Å². The van der Waals surface area contributed by atoms with Crippen LogP contribution in [0.4, 0.5) is 13.2 Å². The maximum absolute atomic E-state index is 12.4. The summed E-state index contributed by atoms with van der Waals surface area (Å²) in [5.41, 5.74) is 2.35. The molecule has 0 spiro atoms. The van der Waals surface area contributed by atoms with E-state index in [0.717, 1.165) is 12.8 Å². The summed E-state index contributed by atoms with van der Waals surface area (Å²) >= 11 is 0. The molecule has 37 heavy (non-hydrogen) atoms. The molecule has 1 N–H and O–H groups in total. The molecule has 0 aliphatic heterocycles. The van der Waals surface area contributed by atoms with E-state index < -0.39 is 31.1 Å². The molecule has 3 aromatic heterocycles. The average molecular weight is 521 g/mol. The Hall–Kier alpha value is -3.77. The van der Waals surface area contributed by atoms with Gasteiger partial charge in [0.2, 0.25) is 5.88 Å². The third-order valence-electron chi connectivity index (χ3n) is 6.13. The first kappa shape index (κ1) is 26.3. The number of carbonyl (C=O) groups is 1. The Morgan fingerprint density at radius 1 is 1.22 bits per heavy atom. The highest BCUT2D eigenvalue weighted by Crippen LogP contribution is 2.31. The zero-order valence-electron chi connectivity index (χ0n) is 20.4. The van der Waals surface area contributed by atoms with Crippen LogP contribution in [0.2, 0.25) is 0 Å². The van der Waals surface area contributed by atoms with Crippen molar-refractivity contribution < 1.29 is 32.5 Å². The van der Waals surface area contributed by atoms with E-state index in [4.69, 9.17) is 9.47 Å². The number of nitrogens with zero attached hydrogens (tertiary/aromatic N) is 6. The number of carboxylic acid groups (broad SMARTS) is 1. The van der Waals surface area contributed by atoms with Gasteiger partial charge in [-0.3, -0.25) is 9.48 Å². The standard InChI is InChI=1S/C24H27F3N6O4/c1-14-19(37-16-5-3-4-15(12-16)23(34)35)7-6-17(29-14)22-18(33(2)32-31-22)13-20-28-10-8-21(30-20)36-11-9-24(25,26)27/h6-8,10,15-16H,3-5,9,11-13H2,1-2H3,(H,34,35)/t15-,16-/m0/s1. The van der Waals surface area contributed by atoms with Gasteiger partial charge in [0.25, 0.3) is 0 Å². The van der Waals surface area contributed by atoms with Gasteiger partial charge < -0.3 is 14.6 Å². The SMILES string of the molecule is Cc1nc(-c2nnn(C)c2Cc2nccc(OCCC(F)(F)F)n2)ccc1O[C@H]1CCC[C@H](C(=O)O)C1. The van der Waals surface area contributed by atoms with Crippen molar-refractivity contribution in [1.82, 2.24) is 29.9 Å². The second-order valence-corrected chi connectivity index (χ2v) is 8.93. The van der Waals surface area contributed by atoms with Gasteiger partial charge in [0.1, 0.15) is 17.3 Å². The number of alkyl halides is 3. The molecule has 0 aromatic carbocycles. The van der Waals surface area contributed by atoms with Gasteiger partial charge in [0.05, 0.1) is 48.6 Å². The van der Waals surface area contributed by atoms with Crippen LogP contribution in [0.25, 0.3) is 11.4 Å². The summed E-state index contributed by atoms with van der Waals surface area (Å²) in [5, 5.41) is 17.6. The van der Waals surface area contributed by atoms with Crippen molar-refractivity contribution in [2.75, 3.05) is 6.61 Å². The highest BCUT2D eigenvalue weighted by Gasteiger charge is 2.29. The number of hydrogen-bond donors (Lipinski definition) is 1. The zero-order chi connectivity index (χ0) is 26.6. The van der Waals surface area contributed by atoms with Crippen LogP contribution in [0, 0.1) is 12.8 Å². The predicted molar refractivity (Wildman–Crippen MR) is 124 cm³/mol. The Morgan fingerprint density at radius 3 is 2.76 bits per heavy atom. The summed E-state index contributed by atoms with van der Waals surface area (Å²) < 4.78 is 49.9. The number of aliphatic carboxylic acids is 1. The van der Waals surface area contributed by atoms with E-state index in [1.54, 1.807) is 30.8 Å². The molecule has 1 aliphatic carbocycles. The molecule has 10 nitrogen and oxygen atoms in total. The lowest BCUT2D eigenvalue weighted by molar-refractivity contribution is -0.144. The molecular weight excluding hydrogens is 493 g/mol. The number of pyridine rings is 1. The number of hydrogen-bond acceptors (Lipinski definition) is 8. The summed E-state index contributed by atoms with van der Waals surface area (Å²) in [4.78, 5) is 24.4. The fourth-order valence-electron chi connectivity index (χ4n) is 4.20. The molecular formula is C24H27F3N6O4. The fraction of sp³-hybridized carbons (Fsp3) is 0.500. The molecule has 4 rings (SSSR count). The quantitative estimate of drug-likeness (QED) is 0.447. The Kier molecular flexibility index (Phi) is 7.89. The van der Waals surface area contributed by atoms with Crippen LogP contribution < -0.4 is 9.47 Å². The highest BCUT2D eigenvalue weighted by molar-refractivity contribution is 5.70. The first-order chi connectivity index (χ1) is 17.6. The van der Waals surface area contributed by atoms with Gasteiger partial charge in [0, 0.05) is 19.3 Å². The molecule has 0 bridgehead atoms. The lowest BCUT2D eigenvalue weighted by Gasteiger charge is -2.27. The largest absolute Gasteiger partial charge is 0.489 e. The van der Waals surface area contributed by atoms with Gasteiger partial charge in [-0.1, -0.05) is 5.21 Å². The van der Waals surface area contributed by atoms with Gasteiger partial charge in [0.15, 0.2) is 0 Å². The maximum atomic E-state index is 12.4. The smallest absolute Gasteiger partial charge is 0.392 e. The van der Waals surface area contributed by atoms with E-state index in [0.29, 0.717) is 47.2 Å². The fourth-order valence-corrected chi connectivity index (χ4v) is 4.20. The Bertz CT molecular complexity index is 1250. The number of rotatable bonds is 9. The molecule has 1 saturated carbocycles. The molecule has 0 amide bonds. The minimum atomic E-state index is -4.31. The van der Waals surface area contributed by atoms with Crippen LogP contribution in [-0.2, 0) is 18.3 Å². The summed E-state index contributed by atoms with van der Waals surface area (Å²) in [6.07, 6.45) is -1.24. The van der Waals surface area contributed by atoms with Crippen LogP contribution in [-0.4, -0.2) is 59.9 Å². The topological polar surface area (TPSA) is 125 Å². The third kappa shape index (κ3) is 6.92. The summed E-state index contributed by atoms with van der Waals surface area (Å²) in [7, 11) is 1.71. The summed E-state index contributed by atoms with van der Waals surface area (Å²) in [5.74, 6) is -0.232. The van der Waals surface area contributed by atoms with Gasteiger partial charge in [-0.15, -0.1) is 5.10 Å². The third-order valence-corrected chi connectivity index (χ3v) is 6.13. The second kappa shape index (κ2) is 11.1. The number of aryl methyl sites for hydroxylation is 2. The molecule has 0 saturated heterocycles. The number of halogens is 3. The van der Waals surface area contributed by atoms with Crippen LogP contribution in [0.1, 0.15) is 49.3 Å². The van der Waals surface area contributed by atoms with E-state index in [1.807, 2.05) is 0 Å². The normalized spacial score (nSPS) is 18.0. The lowest BCUT2D eigenvalue weighted by atomic mass is 9.87. The maximum Gasteiger partial charge on any atom is 0.392 e. The molecule has 0 radical (unpaired) electrons. The monoisotopic (exact) mass is 520 g/mol. The number of aromatic nitrogens is 6. The van der Waals surface area contributed by atoms with Gasteiger partial charge in [-0.05, 0) is 44.7 Å². The molecule has 2 atom stereocenters. The van der Waals surface area contributed by atoms with Crippen molar-refractivity contribution in [2.24, 2.45) is 13.0 Å². The minimum absolute atomic E-state index is 0.0502. The van der Waals surface area contributed by atoms with Crippen LogP contribution >= 0.6 is 0 Å². The van der Waals surface area contributed by atoms with Gasteiger partial charge >= 0.3 is 12.1 Å². The molecule has 198 valence electrons. The zero-order valence-corrected chi connectivity index (χ0v) is 20.4. The minimum Gasteiger partial charge on any atom is -0.489 e. The number of ether oxygens (including phenoxy) is 2. The van der Waals surface area contributed by atoms with E-state index in [2.05, 4.69) is 25.3 Å². The van der Waals surface area contributed by atoms with Crippen LogP contribution in [0.15, 0.2) is 24.4 Å². The lowest BCUT2D eigenvalue weighted by Crippen LogP contribution is -2.29. The summed E-state index contributed by atoms with van der Waals surface area (Å²) in [6, 6.07) is 4.94. The Morgan fingerprint density at radius 2 is 2.03 bits per heavy atom. The van der Waals surface area contributed by atoms with Gasteiger partial charge in [-0.2, -0.15) is 18.2 Å². The number of carboxylic acids is 1. The van der Waals surface area contributed by atoms with E-state index in [1.165, 1.54) is 12.3 Å². The van der Waals surface area contributed by atoms with Crippen molar-refractivity contribution >= 4 is 5.97 Å². The van der Waals surface area contributed by atoms with Crippen LogP contribution in [0.3, 0.4) is 0 Å². The van der Waals surface area contributed by atoms with Crippen molar-refractivity contribution in [1.29, 1.82) is 0 Å². The summed E-state index contributed by atoms with van der Waals surface area (Å²) in [6.45, 7) is 1.27. The van der Waals surface area contributed by atoms with E-state index in [9.17, 15) is 23.1 Å². The van der Waals surface area contributed by atoms with Crippen LogP contribution in [0.5, 0.6) is 11.6 Å².